The molecule has 134 valence electrons. The Bertz CT molecular complexity index is 683. The molecule has 0 aliphatic heterocycles. The first-order valence-electron chi connectivity index (χ1n) is 8.05. The van der Waals surface area contributed by atoms with E-state index in [4.69, 9.17) is 21.4 Å². The fourth-order valence-corrected chi connectivity index (χ4v) is 4.12. The number of aliphatic carboxylic acids is 1. The van der Waals surface area contributed by atoms with Gasteiger partial charge in [-0.2, -0.15) is 0 Å². The number of hydrogen-bond acceptors (Lipinski definition) is 4. The smallest absolute Gasteiger partial charge is 0.317 e. The van der Waals surface area contributed by atoms with Crippen molar-refractivity contribution in [2.75, 3.05) is 13.6 Å². The molecule has 0 aliphatic carbocycles. The van der Waals surface area contributed by atoms with Gasteiger partial charge in [-0.1, -0.05) is 54.6 Å². The number of carboxylic acid groups (broad SMARTS) is 1. The Labute approximate surface area is 157 Å². The number of carbonyl (C=O) groups is 1. The van der Waals surface area contributed by atoms with Crippen molar-refractivity contribution in [1.82, 2.24) is 4.90 Å². The van der Waals surface area contributed by atoms with E-state index in [1.165, 1.54) is 0 Å². The first-order valence-corrected chi connectivity index (χ1v) is 9.31. The first kappa shape index (κ1) is 19.6. The molecule has 0 unspecified atom stereocenters. The van der Waals surface area contributed by atoms with E-state index < -0.39 is 5.97 Å². The lowest BCUT2D eigenvalue weighted by Gasteiger charge is -2.33. The maximum Gasteiger partial charge on any atom is 0.317 e. The summed E-state index contributed by atoms with van der Waals surface area (Å²) >= 11 is 7.64. The van der Waals surface area contributed by atoms with Crippen molar-refractivity contribution in [3.8, 4) is 5.75 Å². The highest BCUT2D eigenvalue weighted by molar-refractivity contribution is 7.99. The van der Waals surface area contributed by atoms with Crippen LogP contribution >= 0.6 is 23.4 Å². The number of thioether (sulfide) groups is 1. The number of nitrogens with zero attached hydrogens (tertiary/aromatic N) is 1. The third-order valence-corrected chi connectivity index (χ3v) is 5.13. The van der Waals surface area contributed by atoms with E-state index in [0.717, 1.165) is 17.1 Å². The van der Waals surface area contributed by atoms with E-state index in [9.17, 15) is 4.79 Å². The fraction of sp³-hybridized carbons (Fsp3) is 0.316. The predicted octanol–water partition coefficient (Wildman–Crippen LogP) is 4.63. The molecule has 2 aromatic carbocycles. The number of likely N-dealkylation sites (N-methyl/N-ethyl adjacent to an activating group) is 1. The molecule has 0 saturated heterocycles. The molecule has 0 heterocycles. The summed E-state index contributed by atoms with van der Waals surface area (Å²) in [5.41, 5.74) is -0.268. The van der Waals surface area contributed by atoms with Gasteiger partial charge in [0.25, 0.3) is 0 Å². The molecular formula is C19H22ClNO3S. The normalized spacial score (nSPS) is 13.4. The van der Waals surface area contributed by atoms with Gasteiger partial charge in [0.1, 0.15) is 5.75 Å². The van der Waals surface area contributed by atoms with Crippen LogP contribution in [0.3, 0.4) is 0 Å². The maximum absolute atomic E-state index is 11.1. The van der Waals surface area contributed by atoms with E-state index in [1.807, 2.05) is 73.5 Å². The number of carboxylic acids is 1. The summed E-state index contributed by atoms with van der Waals surface area (Å²) < 4.78 is 6.20. The van der Waals surface area contributed by atoms with Crippen LogP contribution in [0.5, 0.6) is 5.75 Å². The molecule has 0 aliphatic rings. The van der Waals surface area contributed by atoms with Gasteiger partial charge in [-0.05, 0) is 43.8 Å². The second-order valence-electron chi connectivity index (χ2n) is 5.66. The predicted molar refractivity (Wildman–Crippen MR) is 103 cm³/mol. The molecule has 6 heteroatoms. The van der Waals surface area contributed by atoms with E-state index in [1.54, 1.807) is 11.8 Å². The minimum atomic E-state index is -0.854. The molecule has 2 rings (SSSR count). The molecule has 0 spiro atoms. The van der Waals surface area contributed by atoms with Crippen molar-refractivity contribution in [2.45, 2.75) is 29.7 Å². The molecule has 25 heavy (non-hydrogen) atoms. The zero-order valence-corrected chi connectivity index (χ0v) is 15.8. The molecule has 2 aromatic rings. The molecular weight excluding hydrogens is 358 g/mol. The topological polar surface area (TPSA) is 49.8 Å². The largest absolute Gasteiger partial charge is 0.480 e. The Morgan fingerprint density at radius 1 is 1.24 bits per heavy atom. The summed E-state index contributed by atoms with van der Waals surface area (Å²) in [5.74, 6) is -0.101. The Morgan fingerprint density at radius 3 is 2.56 bits per heavy atom. The summed E-state index contributed by atoms with van der Waals surface area (Å²) in [6.07, 6.45) is 0.759. The van der Waals surface area contributed by atoms with Crippen molar-refractivity contribution in [3.63, 3.8) is 0 Å². The molecule has 4 nitrogen and oxygen atoms in total. The van der Waals surface area contributed by atoms with Gasteiger partial charge in [0.15, 0.2) is 5.44 Å². The third-order valence-electron chi connectivity index (χ3n) is 3.73. The SMILES string of the molecule is CC[C@H]([C@H](Oc1ccccc1)Sc1cccc(Cl)c1)N(C)CC(=O)O. The second kappa shape index (κ2) is 9.70. The molecule has 0 saturated carbocycles. The Hall–Kier alpha value is -1.69. The van der Waals surface area contributed by atoms with Gasteiger partial charge in [0.05, 0.1) is 12.6 Å². The second-order valence-corrected chi connectivity index (χ2v) is 7.27. The van der Waals surface area contributed by atoms with Crippen LogP contribution in [-0.4, -0.2) is 41.0 Å². The Kier molecular flexibility index (Phi) is 7.62. The number of halogens is 1. The van der Waals surface area contributed by atoms with Crippen LogP contribution in [0, 0.1) is 0 Å². The van der Waals surface area contributed by atoms with Gasteiger partial charge in [-0.15, -0.1) is 0 Å². The van der Waals surface area contributed by atoms with Gasteiger partial charge in [0.2, 0.25) is 0 Å². The number of benzene rings is 2. The minimum absolute atomic E-state index is 0.0384. The van der Waals surface area contributed by atoms with Crippen molar-refractivity contribution in [2.24, 2.45) is 0 Å². The van der Waals surface area contributed by atoms with E-state index in [-0.39, 0.29) is 18.0 Å². The van der Waals surface area contributed by atoms with E-state index in [0.29, 0.717) is 5.02 Å². The number of para-hydroxylation sites is 1. The van der Waals surface area contributed by atoms with Crippen LogP contribution in [0.2, 0.25) is 5.02 Å². The maximum atomic E-state index is 11.1. The average molecular weight is 380 g/mol. The Morgan fingerprint density at radius 2 is 1.96 bits per heavy atom. The number of hydrogen-bond donors (Lipinski definition) is 1. The van der Waals surface area contributed by atoms with Crippen LogP contribution in [0.1, 0.15) is 13.3 Å². The Balaban J connectivity index is 2.24. The van der Waals surface area contributed by atoms with Crippen LogP contribution in [0.4, 0.5) is 0 Å². The quantitative estimate of drug-likeness (QED) is 0.508. The molecule has 2 atom stereocenters. The summed E-state index contributed by atoms with van der Waals surface area (Å²) in [5, 5.41) is 9.78. The lowest BCUT2D eigenvalue weighted by atomic mass is 10.2. The van der Waals surface area contributed by atoms with Gasteiger partial charge in [0, 0.05) is 9.92 Å². The number of ether oxygens (including phenoxy) is 1. The van der Waals surface area contributed by atoms with Crippen molar-refractivity contribution >= 4 is 29.3 Å². The monoisotopic (exact) mass is 379 g/mol. The van der Waals surface area contributed by atoms with Crippen molar-refractivity contribution in [1.29, 1.82) is 0 Å². The summed E-state index contributed by atoms with van der Waals surface area (Å²) in [6, 6.07) is 17.1. The molecule has 0 fully saturated rings. The van der Waals surface area contributed by atoms with Gasteiger partial charge in [-0.25, -0.2) is 0 Å². The summed E-state index contributed by atoms with van der Waals surface area (Å²) in [6.45, 7) is 1.99. The summed E-state index contributed by atoms with van der Waals surface area (Å²) in [7, 11) is 1.81. The first-order chi connectivity index (χ1) is 12.0. The highest BCUT2D eigenvalue weighted by atomic mass is 35.5. The van der Waals surface area contributed by atoms with Crippen LogP contribution < -0.4 is 4.74 Å². The van der Waals surface area contributed by atoms with Crippen molar-refractivity contribution < 1.29 is 14.6 Å². The van der Waals surface area contributed by atoms with E-state index >= 15 is 0 Å². The average Bonchev–Trinajstić information content (AvgIpc) is 2.55. The van der Waals surface area contributed by atoms with Crippen LogP contribution in [0.25, 0.3) is 0 Å². The minimum Gasteiger partial charge on any atom is -0.480 e. The summed E-state index contributed by atoms with van der Waals surface area (Å²) in [4.78, 5) is 13.9. The number of rotatable bonds is 9. The fourth-order valence-electron chi connectivity index (χ4n) is 2.53. The highest BCUT2D eigenvalue weighted by Crippen LogP contribution is 2.32. The third kappa shape index (κ3) is 6.27. The van der Waals surface area contributed by atoms with Crippen LogP contribution in [-0.2, 0) is 4.79 Å². The molecule has 0 amide bonds. The lowest BCUT2D eigenvalue weighted by Crippen LogP contribution is -2.44. The molecule has 0 bridgehead atoms. The lowest BCUT2D eigenvalue weighted by molar-refractivity contribution is -0.138. The molecule has 0 aromatic heterocycles. The van der Waals surface area contributed by atoms with E-state index in [2.05, 4.69) is 0 Å². The zero-order chi connectivity index (χ0) is 18.2. The standard InChI is InChI=1S/C19H22ClNO3S/c1-3-17(21(2)13-18(22)23)19(24-15-9-5-4-6-10-15)25-16-11-7-8-14(20)12-16/h4-12,17,19H,3,13H2,1-2H3,(H,22,23)/t17-,19-/m1/s1. The highest BCUT2D eigenvalue weighted by Gasteiger charge is 2.28. The van der Waals surface area contributed by atoms with Gasteiger partial charge < -0.3 is 9.84 Å². The van der Waals surface area contributed by atoms with Gasteiger partial charge in [-0.3, -0.25) is 9.69 Å². The van der Waals surface area contributed by atoms with Crippen molar-refractivity contribution in [3.05, 3.63) is 59.6 Å². The molecule has 1 N–H and O–H groups in total. The molecule has 0 radical (unpaired) electrons. The zero-order valence-electron chi connectivity index (χ0n) is 14.3. The van der Waals surface area contributed by atoms with Gasteiger partial charge >= 0.3 is 5.97 Å². The van der Waals surface area contributed by atoms with Crippen LogP contribution in [0.15, 0.2) is 59.5 Å².